The number of methoxy groups -OCH3 is 1. The molecule has 5 nitrogen and oxygen atoms in total. The summed E-state index contributed by atoms with van der Waals surface area (Å²) in [6.45, 7) is 2.86. The molecular formula is C18H24N2O3. The normalized spacial score (nSPS) is 22.3. The number of benzene rings is 1. The maximum atomic E-state index is 11.4. The van der Waals surface area contributed by atoms with Gasteiger partial charge in [0.1, 0.15) is 12.1 Å². The third-order valence-corrected chi connectivity index (χ3v) is 4.63. The Bertz CT molecular complexity index is 627. The molecule has 2 aliphatic rings. The predicted octanol–water partition coefficient (Wildman–Crippen LogP) is 3.71. The van der Waals surface area contributed by atoms with Crippen molar-refractivity contribution in [2.45, 2.75) is 51.0 Å². The van der Waals surface area contributed by atoms with Crippen molar-refractivity contribution < 1.29 is 14.3 Å². The molecule has 5 heteroatoms. The third-order valence-electron chi connectivity index (χ3n) is 4.63. The van der Waals surface area contributed by atoms with Gasteiger partial charge in [0.15, 0.2) is 5.90 Å². The zero-order valence-electron chi connectivity index (χ0n) is 13.9. The van der Waals surface area contributed by atoms with Gasteiger partial charge in [0.25, 0.3) is 0 Å². The predicted molar refractivity (Wildman–Crippen MR) is 90.1 cm³/mol. The lowest BCUT2D eigenvalue weighted by atomic mass is 9.79. The second kappa shape index (κ2) is 6.60. The fourth-order valence-corrected chi connectivity index (χ4v) is 3.31. The Morgan fingerprint density at radius 1 is 1.43 bits per heavy atom. The molecule has 0 aromatic heterocycles. The molecule has 3 rings (SSSR count). The van der Waals surface area contributed by atoms with Crippen molar-refractivity contribution in [1.29, 1.82) is 0 Å². The standard InChI is InChI=1S/C18H24N2O3/c1-3-4-5-16-20-18(12-23-16)9-8-13-6-7-15(10-14(13)11-18)19-17(21)22-2/h6-7,10H,3-5,8-9,11-12H2,1-2H3,(H,19,21). The van der Waals surface area contributed by atoms with Gasteiger partial charge in [0.2, 0.25) is 0 Å². The van der Waals surface area contributed by atoms with E-state index in [0.29, 0.717) is 6.61 Å². The number of rotatable bonds is 4. The lowest BCUT2D eigenvalue weighted by Gasteiger charge is -2.30. The Morgan fingerprint density at radius 3 is 3.09 bits per heavy atom. The number of nitrogens with zero attached hydrogens (tertiary/aromatic N) is 1. The number of aliphatic imine (C=N–C) groups is 1. The van der Waals surface area contributed by atoms with E-state index in [1.54, 1.807) is 0 Å². The zero-order chi connectivity index (χ0) is 16.3. The first kappa shape index (κ1) is 15.8. The van der Waals surface area contributed by atoms with Crippen LogP contribution in [0.4, 0.5) is 10.5 Å². The van der Waals surface area contributed by atoms with Gasteiger partial charge in [-0.05, 0) is 42.5 Å². The fourth-order valence-electron chi connectivity index (χ4n) is 3.31. The van der Waals surface area contributed by atoms with Crippen molar-refractivity contribution in [3.63, 3.8) is 0 Å². The van der Waals surface area contributed by atoms with Crippen LogP contribution in [0.15, 0.2) is 23.2 Å². The van der Waals surface area contributed by atoms with E-state index in [0.717, 1.165) is 50.1 Å². The number of hydrogen-bond donors (Lipinski definition) is 1. The maximum absolute atomic E-state index is 11.4. The van der Waals surface area contributed by atoms with Gasteiger partial charge < -0.3 is 9.47 Å². The molecular weight excluding hydrogens is 292 g/mol. The minimum absolute atomic E-state index is 0.111. The summed E-state index contributed by atoms with van der Waals surface area (Å²) in [7, 11) is 1.37. The first-order valence-electron chi connectivity index (χ1n) is 8.32. The molecule has 1 amide bonds. The molecule has 0 saturated carbocycles. The summed E-state index contributed by atoms with van der Waals surface area (Å²) in [6, 6.07) is 6.05. The molecule has 1 aromatic rings. The quantitative estimate of drug-likeness (QED) is 0.921. The molecule has 1 spiro atoms. The van der Waals surface area contributed by atoms with Crippen LogP contribution in [0.3, 0.4) is 0 Å². The highest BCUT2D eigenvalue weighted by molar-refractivity contribution is 5.84. The Kier molecular flexibility index (Phi) is 4.55. The average Bonchev–Trinajstić information content (AvgIpc) is 2.95. The summed E-state index contributed by atoms with van der Waals surface area (Å²) < 4.78 is 10.5. The van der Waals surface area contributed by atoms with Crippen molar-refractivity contribution in [3.05, 3.63) is 29.3 Å². The SMILES string of the molecule is CCCCC1=NC2(CCc3ccc(NC(=O)OC)cc3C2)CO1. The number of carbonyl (C=O) groups is 1. The van der Waals surface area contributed by atoms with Crippen molar-refractivity contribution in [1.82, 2.24) is 0 Å². The third kappa shape index (κ3) is 3.49. The largest absolute Gasteiger partial charge is 0.478 e. The Balaban J connectivity index is 1.76. The molecule has 1 unspecified atom stereocenters. The molecule has 0 saturated heterocycles. The molecule has 1 aromatic carbocycles. The van der Waals surface area contributed by atoms with Gasteiger partial charge in [-0.2, -0.15) is 0 Å². The zero-order valence-corrected chi connectivity index (χ0v) is 13.9. The van der Waals surface area contributed by atoms with Crippen LogP contribution in [0, 0.1) is 0 Å². The number of fused-ring (bicyclic) bond motifs is 1. The summed E-state index contributed by atoms with van der Waals surface area (Å²) in [6.07, 6.45) is 5.67. The van der Waals surface area contributed by atoms with E-state index < -0.39 is 6.09 Å². The van der Waals surface area contributed by atoms with E-state index >= 15 is 0 Å². The Hall–Kier alpha value is -2.04. The second-order valence-corrected chi connectivity index (χ2v) is 6.40. The summed E-state index contributed by atoms with van der Waals surface area (Å²) in [5.74, 6) is 0.916. The molecule has 0 radical (unpaired) electrons. The molecule has 1 atom stereocenters. The highest BCUT2D eigenvalue weighted by atomic mass is 16.5. The number of amides is 1. The fraction of sp³-hybridized carbons (Fsp3) is 0.556. The van der Waals surface area contributed by atoms with E-state index in [4.69, 9.17) is 9.73 Å². The summed E-state index contributed by atoms with van der Waals surface area (Å²) in [4.78, 5) is 16.3. The summed E-state index contributed by atoms with van der Waals surface area (Å²) in [5.41, 5.74) is 3.24. The molecule has 124 valence electrons. The van der Waals surface area contributed by atoms with E-state index in [1.165, 1.54) is 18.2 Å². The highest BCUT2D eigenvalue weighted by Gasteiger charge is 2.39. The average molecular weight is 316 g/mol. The van der Waals surface area contributed by atoms with E-state index in [-0.39, 0.29) is 5.54 Å². The van der Waals surface area contributed by atoms with E-state index in [2.05, 4.69) is 23.0 Å². The van der Waals surface area contributed by atoms with Crippen LogP contribution >= 0.6 is 0 Å². The number of hydrogen-bond acceptors (Lipinski definition) is 4. The number of unbranched alkanes of at least 4 members (excludes halogenated alkanes) is 1. The van der Waals surface area contributed by atoms with Gasteiger partial charge in [-0.3, -0.25) is 5.32 Å². The van der Waals surface area contributed by atoms with Crippen LogP contribution < -0.4 is 5.32 Å². The molecule has 1 aliphatic heterocycles. The second-order valence-electron chi connectivity index (χ2n) is 6.40. The van der Waals surface area contributed by atoms with Crippen molar-refractivity contribution in [3.8, 4) is 0 Å². The summed E-state index contributed by atoms with van der Waals surface area (Å²) >= 11 is 0. The number of aryl methyl sites for hydroxylation is 1. The van der Waals surface area contributed by atoms with Gasteiger partial charge in [0.05, 0.1) is 7.11 Å². The highest BCUT2D eigenvalue weighted by Crippen LogP contribution is 2.36. The summed E-state index contributed by atoms with van der Waals surface area (Å²) in [5, 5.41) is 2.73. The molecule has 23 heavy (non-hydrogen) atoms. The van der Waals surface area contributed by atoms with Crippen molar-refractivity contribution in [2.24, 2.45) is 4.99 Å². The van der Waals surface area contributed by atoms with Crippen LogP contribution in [0.5, 0.6) is 0 Å². The van der Waals surface area contributed by atoms with Gasteiger partial charge in [0, 0.05) is 18.5 Å². The maximum Gasteiger partial charge on any atom is 0.411 e. The number of nitrogens with one attached hydrogen (secondary N) is 1. The number of ether oxygens (including phenoxy) is 2. The van der Waals surface area contributed by atoms with Gasteiger partial charge >= 0.3 is 6.09 Å². The van der Waals surface area contributed by atoms with Crippen LogP contribution in [0.2, 0.25) is 0 Å². The van der Waals surface area contributed by atoms with E-state index in [9.17, 15) is 4.79 Å². The minimum atomic E-state index is -0.445. The number of carbonyl (C=O) groups excluding carboxylic acids is 1. The first-order chi connectivity index (χ1) is 11.1. The number of anilines is 1. The Labute approximate surface area is 137 Å². The van der Waals surface area contributed by atoms with Crippen LogP contribution in [0.25, 0.3) is 0 Å². The smallest absolute Gasteiger partial charge is 0.411 e. The van der Waals surface area contributed by atoms with Gasteiger partial charge in [-0.1, -0.05) is 19.4 Å². The van der Waals surface area contributed by atoms with Gasteiger partial charge in [-0.15, -0.1) is 0 Å². The molecule has 1 N–H and O–H groups in total. The molecule has 0 bridgehead atoms. The monoisotopic (exact) mass is 316 g/mol. The lowest BCUT2D eigenvalue weighted by molar-refractivity contribution is 0.187. The van der Waals surface area contributed by atoms with Crippen molar-refractivity contribution >= 4 is 17.7 Å². The Morgan fingerprint density at radius 2 is 2.30 bits per heavy atom. The molecule has 1 heterocycles. The van der Waals surface area contributed by atoms with E-state index in [1.807, 2.05) is 12.1 Å². The van der Waals surface area contributed by atoms with Crippen LogP contribution in [-0.4, -0.2) is 31.2 Å². The lowest BCUT2D eigenvalue weighted by Crippen LogP contribution is -2.35. The molecule has 1 aliphatic carbocycles. The first-order valence-corrected chi connectivity index (χ1v) is 8.32. The molecule has 0 fully saturated rings. The minimum Gasteiger partial charge on any atom is -0.478 e. The van der Waals surface area contributed by atoms with Gasteiger partial charge in [-0.25, -0.2) is 9.79 Å². The van der Waals surface area contributed by atoms with Crippen LogP contribution in [-0.2, 0) is 22.3 Å². The van der Waals surface area contributed by atoms with Crippen molar-refractivity contribution in [2.75, 3.05) is 19.0 Å². The topological polar surface area (TPSA) is 59.9 Å². The van der Waals surface area contributed by atoms with Crippen LogP contribution in [0.1, 0.15) is 43.7 Å².